The molecule has 106 valence electrons. The van der Waals surface area contributed by atoms with Crippen LogP contribution >= 0.6 is 11.8 Å². The van der Waals surface area contributed by atoms with E-state index in [1.807, 2.05) is 20.8 Å². The average molecular weight is 292 g/mol. The van der Waals surface area contributed by atoms with Crippen LogP contribution in [0.1, 0.15) is 36.8 Å². The molecule has 2 rings (SSSR count). The van der Waals surface area contributed by atoms with Crippen LogP contribution in [-0.4, -0.2) is 9.97 Å². The first-order valence-corrected chi connectivity index (χ1v) is 7.44. The Morgan fingerprint density at radius 1 is 1.30 bits per heavy atom. The number of thioether (sulfide) groups is 1. The Morgan fingerprint density at radius 2 is 1.95 bits per heavy atom. The number of nitrogens with one attached hydrogen (secondary N) is 1. The van der Waals surface area contributed by atoms with Crippen molar-refractivity contribution >= 4 is 11.8 Å². The smallest absolute Gasteiger partial charge is 0.254 e. The van der Waals surface area contributed by atoms with E-state index in [2.05, 4.69) is 9.97 Å². The van der Waals surface area contributed by atoms with Crippen LogP contribution in [0.2, 0.25) is 0 Å². The number of benzene rings is 1. The normalized spacial score (nSPS) is 11.1. The summed E-state index contributed by atoms with van der Waals surface area (Å²) in [5.74, 6) is 1.11. The first kappa shape index (κ1) is 14.8. The van der Waals surface area contributed by atoms with E-state index in [0.29, 0.717) is 11.6 Å². The van der Waals surface area contributed by atoms with Gasteiger partial charge in [0.15, 0.2) is 0 Å². The van der Waals surface area contributed by atoms with Gasteiger partial charge in [-0.15, -0.1) is 11.8 Å². The molecular weight excluding hydrogens is 275 g/mol. The van der Waals surface area contributed by atoms with E-state index < -0.39 is 0 Å². The van der Waals surface area contributed by atoms with Gasteiger partial charge in [-0.05, 0) is 37.1 Å². The molecular formula is C15H17FN2OS. The highest BCUT2D eigenvalue weighted by Gasteiger charge is 2.11. The summed E-state index contributed by atoms with van der Waals surface area (Å²) < 4.78 is 12.8. The van der Waals surface area contributed by atoms with Crippen molar-refractivity contribution in [3.8, 4) is 0 Å². The van der Waals surface area contributed by atoms with Crippen LogP contribution in [0.4, 0.5) is 4.39 Å². The summed E-state index contributed by atoms with van der Waals surface area (Å²) in [4.78, 5) is 20.2. The molecule has 1 aromatic carbocycles. The molecule has 0 saturated heterocycles. The molecule has 0 atom stereocenters. The average Bonchev–Trinajstić information content (AvgIpc) is 2.37. The predicted molar refractivity (Wildman–Crippen MR) is 79.6 cm³/mol. The van der Waals surface area contributed by atoms with E-state index >= 15 is 0 Å². The predicted octanol–water partition coefficient (Wildman–Crippen LogP) is 3.63. The third-order valence-corrected chi connectivity index (χ3v) is 3.98. The van der Waals surface area contributed by atoms with Gasteiger partial charge in [0, 0.05) is 16.2 Å². The molecule has 0 amide bonds. The second-order valence-corrected chi connectivity index (χ2v) is 5.96. The first-order valence-electron chi connectivity index (χ1n) is 6.45. The van der Waals surface area contributed by atoms with Gasteiger partial charge in [-0.2, -0.15) is 0 Å². The van der Waals surface area contributed by atoms with Gasteiger partial charge >= 0.3 is 0 Å². The Labute approximate surface area is 121 Å². The maximum atomic E-state index is 12.8. The number of halogens is 1. The van der Waals surface area contributed by atoms with E-state index in [1.165, 1.54) is 23.9 Å². The number of aromatic amines is 1. The van der Waals surface area contributed by atoms with E-state index in [-0.39, 0.29) is 17.3 Å². The van der Waals surface area contributed by atoms with Crippen molar-refractivity contribution in [1.82, 2.24) is 9.97 Å². The summed E-state index contributed by atoms with van der Waals surface area (Å²) >= 11 is 1.51. The van der Waals surface area contributed by atoms with E-state index in [1.54, 1.807) is 12.1 Å². The summed E-state index contributed by atoms with van der Waals surface area (Å²) in [7, 11) is 0. The van der Waals surface area contributed by atoms with Crippen molar-refractivity contribution in [1.29, 1.82) is 0 Å². The Hall–Kier alpha value is -1.62. The van der Waals surface area contributed by atoms with Gasteiger partial charge in [0.05, 0.1) is 5.75 Å². The van der Waals surface area contributed by atoms with Crippen LogP contribution in [-0.2, 0) is 5.75 Å². The van der Waals surface area contributed by atoms with E-state index in [4.69, 9.17) is 0 Å². The summed E-state index contributed by atoms with van der Waals surface area (Å²) in [6, 6.07) is 6.28. The minimum absolute atomic E-state index is 0.0674. The minimum atomic E-state index is -0.252. The molecule has 0 radical (unpaired) electrons. The van der Waals surface area contributed by atoms with Gasteiger partial charge in [0.25, 0.3) is 5.56 Å². The largest absolute Gasteiger partial charge is 0.310 e. The van der Waals surface area contributed by atoms with Crippen molar-refractivity contribution in [2.24, 2.45) is 0 Å². The van der Waals surface area contributed by atoms with Crippen molar-refractivity contribution in [3.05, 3.63) is 57.5 Å². The van der Waals surface area contributed by atoms with Gasteiger partial charge in [0.1, 0.15) is 11.6 Å². The number of H-pyrrole nitrogens is 1. The van der Waals surface area contributed by atoms with Gasteiger partial charge in [-0.1, -0.05) is 13.8 Å². The molecule has 2 aromatic rings. The monoisotopic (exact) mass is 292 g/mol. The second kappa shape index (κ2) is 6.22. The fraction of sp³-hybridized carbons (Fsp3) is 0.333. The number of aryl methyl sites for hydroxylation is 1. The molecule has 0 fully saturated rings. The lowest BCUT2D eigenvalue weighted by molar-refractivity contribution is 0.626. The molecule has 0 unspecified atom stereocenters. The number of hydrogen-bond acceptors (Lipinski definition) is 3. The van der Waals surface area contributed by atoms with Crippen LogP contribution in [0.5, 0.6) is 0 Å². The molecule has 0 aliphatic rings. The van der Waals surface area contributed by atoms with Crippen molar-refractivity contribution in [2.45, 2.75) is 37.3 Å². The van der Waals surface area contributed by atoms with Crippen molar-refractivity contribution < 1.29 is 4.39 Å². The van der Waals surface area contributed by atoms with Gasteiger partial charge in [-0.3, -0.25) is 4.79 Å². The highest BCUT2D eigenvalue weighted by molar-refractivity contribution is 7.98. The van der Waals surface area contributed by atoms with Gasteiger partial charge < -0.3 is 4.98 Å². The molecule has 0 aliphatic carbocycles. The van der Waals surface area contributed by atoms with Gasteiger partial charge in [0.2, 0.25) is 0 Å². The zero-order chi connectivity index (χ0) is 14.7. The molecule has 20 heavy (non-hydrogen) atoms. The highest BCUT2D eigenvalue weighted by atomic mass is 32.2. The number of aromatic nitrogens is 2. The molecule has 0 aliphatic heterocycles. The van der Waals surface area contributed by atoms with Crippen LogP contribution in [0.25, 0.3) is 0 Å². The Kier molecular flexibility index (Phi) is 4.60. The molecule has 1 heterocycles. The maximum Gasteiger partial charge on any atom is 0.254 e. The SMILES string of the molecule is Cc1nc(CSc2ccc(F)cc2)[nH]c(=O)c1C(C)C. The molecule has 0 bridgehead atoms. The summed E-state index contributed by atoms with van der Waals surface area (Å²) in [6.45, 7) is 5.81. The zero-order valence-electron chi connectivity index (χ0n) is 11.7. The lowest BCUT2D eigenvalue weighted by atomic mass is 10.0. The Morgan fingerprint density at radius 3 is 2.50 bits per heavy atom. The third kappa shape index (κ3) is 3.48. The number of nitrogens with zero attached hydrogens (tertiary/aromatic N) is 1. The lowest BCUT2D eigenvalue weighted by Crippen LogP contribution is -2.19. The van der Waals surface area contributed by atoms with Crippen molar-refractivity contribution in [2.75, 3.05) is 0 Å². The molecule has 3 nitrogen and oxygen atoms in total. The third-order valence-electron chi connectivity index (χ3n) is 2.96. The summed E-state index contributed by atoms with van der Waals surface area (Å²) in [5, 5.41) is 0. The quantitative estimate of drug-likeness (QED) is 0.875. The first-order chi connectivity index (χ1) is 9.47. The van der Waals surface area contributed by atoms with Crippen LogP contribution in [0.15, 0.2) is 34.0 Å². The number of hydrogen-bond donors (Lipinski definition) is 1. The molecule has 1 N–H and O–H groups in total. The highest BCUT2D eigenvalue weighted by Crippen LogP contribution is 2.21. The summed E-state index contributed by atoms with van der Waals surface area (Å²) in [6.07, 6.45) is 0. The molecule has 1 aromatic heterocycles. The fourth-order valence-corrected chi connectivity index (χ4v) is 2.85. The number of rotatable bonds is 4. The molecule has 0 spiro atoms. The van der Waals surface area contributed by atoms with Crippen LogP contribution in [0, 0.1) is 12.7 Å². The van der Waals surface area contributed by atoms with E-state index in [0.717, 1.165) is 16.2 Å². The fourth-order valence-electron chi connectivity index (χ4n) is 2.08. The van der Waals surface area contributed by atoms with Crippen molar-refractivity contribution in [3.63, 3.8) is 0 Å². The minimum Gasteiger partial charge on any atom is -0.310 e. The van der Waals surface area contributed by atoms with Crippen LogP contribution < -0.4 is 5.56 Å². The van der Waals surface area contributed by atoms with Crippen LogP contribution in [0.3, 0.4) is 0 Å². The molecule has 5 heteroatoms. The Balaban J connectivity index is 2.15. The molecule has 0 saturated carbocycles. The Bertz CT molecular complexity index is 650. The lowest BCUT2D eigenvalue weighted by Gasteiger charge is -2.09. The standard InChI is InChI=1S/C15H17FN2OS/c1-9(2)14-10(3)17-13(18-15(14)19)8-20-12-6-4-11(16)5-7-12/h4-7,9H,8H2,1-3H3,(H,17,18,19). The van der Waals surface area contributed by atoms with E-state index in [9.17, 15) is 9.18 Å². The zero-order valence-corrected chi connectivity index (χ0v) is 12.6. The van der Waals surface area contributed by atoms with Gasteiger partial charge in [-0.25, -0.2) is 9.37 Å². The second-order valence-electron chi connectivity index (χ2n) is 4.91. The topological polar surface area (TPSA) is 45.8 Å². The summed E-state index contributed by atoms with van der Waals surface area (Å²) in [5.41, 5.74) is 1.45. The maximum absolute atomic E-state index is 12.8.